The van der Waals surface area contributed by atoms with Crippen molar-refractivity contribution >= 4 is 25.2 Å². The van der Waals surface area contributed by atoms with E-state index in [2.05, 4.69) is 15.2 Å². The number of imidazole rings is 1. The second-order valence-electron chi connectivity index (χ2n) is 4.20. The number of nitro groups is 1. The van der Waals surface area contributed by atoms with Crippen LogP contribution in [0.1, 0.15) is 19.0 Å². The van der Waals surface area contributed by atoms with Crippen molar-refractivity contribution in [3.05, 3.63) is 22.0 Å². The van der Waals surface area contributed by atoms with Gasteiger partial charge in [0.15, 0.2) is 0 Å². The summed E-state index contributed by atoms with van der Waals surface area (Å²) in [7, 11) is -1.75. The molecule has 0 bridgehead atoms. The molecular formula is C10H19ClN5O4P. The average Bonchev–Trinajstić information content (AvgIpc) is 2.82. The average molecular weight is 340 g/mol. The number of rotatable bonds is 10. The number of hydrogen-bond donors (Lipinski definition) is 2. The first-order chi connectivity index (χ1) is 9.93. The summed E-state index contributed by atoms with van der Waals surface area (Å²) in [5.41, 5.74) is 0.452. The zero-order valence-electron chi connectivity index (χ0n) is 11.9. The summed E-state index contributed by atoms with van der Waals surface area (Å²) >= 11 is 5.57. The lowest BCUT2D eigenvalue weighted by molar-refractivity contribution is -0.396. The SMILES string of the molecule is CCCNP(=O)(NCCCl)OCc1cnc([N+](=O)[O-])n1C. The van der Waals surface area contributed by atoms with Crippen molar-refractivity contribution < 1.29 is 14.0 Å². The minimum atomic E-state index is -3.25. The standard InChI is InChI=1S/C10H19ClN5O4P/c1-3-5-13-21(19,14-6-4-11)20-8-9-7-12-10(15(9)2)16(17)18/h7H,3-6,8H2,1-2H3,(H2,13,14,19). The zero-order valence-corrected chi connectivity index (χ0v) is 13.6. The lowest BCUT2D eigenvalue weighted by Gasteiger charge is -2.19. The highest BCUT2D eigenvalue weighted by atomic mass is 35.5. The minimum absolute atomic E-state index is 0.0688. The van der Waals surface area contributed by atoms with Gasteiger partial charge in [-0.2, -0.15) is 0 Å². The predicted molar refractivity (Wildman–Crippen MR) is 79.3 cm³/mol. The monoisotopic (exact) mass is 339 g/mol. The number of aromatic nitrogens is 2. The Morgan fingerprint density at radius 1 is 1.52 bits per heavy atom. The van der Waals surface area contributed by atoms with Crippen LogP contribution in [-0.2, 0) is 22.7 Å². The van der Waals surface area contributed by atoms with E-state index in [4.69, 9.17) is 16.1 Å². The van der Waals surface area contributed by atoms with Gasteiger partial charge in [-0.05, 0) is 11.3 Å². The van der Waals surface area contributed by atoms with Gasteiger partial charge >= 0.3 is 13.6 Å². The summed E-state index contributed by atoms with van der Waals surface area (Å²) in [5, 5.41) is 16.2. The molecule has 0 radical (unpaired) electrons. The van der Waals surface area contributed by atoms with Crippen LogP contribution in [0.15, 0.2) is 6.20 Å². The molecule has 0 saturated heterocycles. The van der Waals surface area contributed by atoms with E-state index in [-0.39, 0.29) is 12.6 Å². The molecule has 0 amide bonds. The van der Waals surface area contributed by atoms with Crippen molar-refractivity contribution in [1.29, 1.82) is 0 Å². The lowest BCUT2D eigenvalue weighted by Crippen LogP contribution is -2.26. The molecule has 1 rings (SSSR count). The van der Waals surface area contributed by atoms with Crippen molar-refractivity contribution in [2.75, 3.05) is 19.0 Å². The fourth-order valence-electron chi connectivity index (χ4n) is 1.49. The number of nitrogens with one attached hydrogen (secondary N) is 2. The Labute approximate surface area is 127 Å². The molecule has 0 aliphatic rings. The van der Waals surface area contributed by atoms with Crippen LogP contribution in [0.2, 0.25) is 0 Å². The third-order valence-corrected chi connectivity index (χ3v) is 4.56. The highest BCUT2D eigenvalue weighted by molar-refractivity contribution is 7.54. The Morgan fingerprint density at radius 3 is 2.71 bits per heavy atom. The van der Waals surface area contributed by atoms with Crippen LogP contribution >= 0.6 is 19.3 Å². The molecule has 0 aliphatic carbocycles. The fraction of sp³-hybridized carbons (Fsp3) is 0.700. The molecule has 1 aromatic heterocycles. The van der Waals surface area contributed by atoms with Crippen LogP contribution in [0.5, 0.6) is 0 Å². The van der Waals surface area contributed by atoms with E-state index < -0.39 is 12.6 Å². The topological polar surface area (TPSA) is 111 Å². The summed E-state index contributed by atoms with van der Waals surface area (Å²) in [6.45, 7) is 2.70. The largest absolute Gasteiger partial charge is 0.434 e. The highest BCUT2D eigenvalue weighted by Crippen LogP contribution is 2.38. The van der Waals surface area contributed by atoms with Crippen LogP contribution in [0.25, 0.3) is 0 Å². The van der Waals surface area contributed by atoms with E-state index in [1.54, 1.807) is 0 Å². The van der Waals surface area contributed by atoms with Crippen LogP contribution in [0.4, 0.5) is 5.95 Å². The first-order valence-corrected chi connectivity index (χ1v) is 8.55. The van der Waals surface area contributed by atoms with E-state index in [9.17, 15) is 14.7 Å². The van der Waals surface area contributed by atoms with Crippen LogP contribution in [0, 0.1) is 10.1 Å². The first kappa shape index (κ1) is 18.1. The molecule has 1 aromatic rings. The Balaban J connectivity index is 2.72. The molecule has 0 fully saturated rings. The molecule has 0 spiro atoms. The molecule has 0 saturated carbocycles. The van der Waals surface area contributed by atoms with Gasteiger partial charge in [0.1, 0.15) is 18.5 Å². The number of alkyl halides is 1. The molecule has 120 valence electrons. The summed E-state index contributed by atoms with van der Waals surface area (Å²) in [5.74, 6) is -0.00288. The molecule has 1 heterocycles. The van der Waals surface area contributed by atoms with Gasteiger partial charge in [0.05, 0.1) is 7.05 Å². The van der Waals surface area contributed by atoms with Gasteiger partial charge in [-0.15, -0.1) is 11.6 Å². The third-order valence-electron chi connectivity index (χ3n) is 2.60. The maximum atomic E-state index is 12.5. The number of halogens is 1. The minimum Gasteiger partial charge on any atom is -0.390 e. The molecule has 11 heteroatoms. The normalized spacial score (nSPS) is 14.0. The quantitative estimate of drug-likeness (QED) is 0.289. The van der Waals surface area contributed by atoms with Crippen molar-refractivity contribution in [3.63, 3.8) is 0 Å². The molecule has 2 N–H and O–H groups in total. The van der Waals surface area contributed by atoms with Gasteiger partial charge in [-0.1, -0.05) is 11.9 Å². The Morgan fingerprint density at radius 2 is 2.19 bits per heavy atom. The molecule has 0 aliphatic heterocycles. The molecule has 9 nitrogen and oxygen atoms in total. The smallest absolute Gasteiger partial charge is 0.390 e. The Hall–Kier alpha value is -0.990. The van der Waals surface area contributed by atoms with Gasteiger partial charge in [0.2, 0.25) is 0 Å². The lowest BCUT2D eigenvalue weighted by atomic mass is 10.5. The van der Waals surface area contributed by atoms with Gasteiger partial charge in [0.25, 0.3) is 0 Å². The Kier molecular flexibility index (Phi) is 7.27. The predicted octanol–water partition coefficient (Wildman–Crippen LogP) is 1.78. The van der Waals surface area contributed by atoms with E-state index in [1.165, 1.54) is 17.8 Å². The molecule has 21 heavy (non-hydrogen) atoms. The van der Waals surface area contributed by atoms with E-state index in [0.717, 1.165) is 6.42 Å². The molecule has 1 unspecified atom stereocenters. The van der Waals surface area contributed by atoms with Crippen LogP contribution in [0.3, 0.4) is 0 Å². The summed E-state index contributed by atoms with van der Waals surface area (Å²) in [6, 6.07) is 0. The van der Waals surface area contributed by atoms with Gasteiger partial charge in [0, 0.05) is 19.0 Å². The second kappa shape index (κ2) is 8.45. The van der Waals surface area contributed by atoms with Gasteiger partial charge in [-0.25, -0.2) is 14.7 Å². The highest BCUT2D eigenvalue weighted by Gasteiger charge is 2.24. The summed E-state index contributed by atoms with van der Waals surface area (Å²) in [4.78, 5) is 13.8. The van der Waals surface area contributed by atoms with E-state index in [1.807, 2.05) is 6.92 Å². The van der Waals surface area contributed by atoms with Crippen LogP contribution < -0.4 is 10.2 Å². The molecule has 0 aromatic carbocycles. The second-order valence-corrected chi connectivity index (χ2v) is 6.57. The zero-order chi connectivity index (χ0) is 15.9. The summed E-state index contributed by atoms with van der Waals surface area (Å²) < 4.78 is 19.2. The first-order valence-electron chi connectivity index (χ1n) is 6.39. The van der Waals surface area contributed by atoms with E-state index in [0.29, 0.717) is 24.7 Å². The summed E-state index contributed by atoms with van der Waals surface area (Å²) in [6.07, 6.45) is 2.11. The van der Waals surface area contributed by atoms with Crippen molar-refractivity contribution in [2.24, 2.45) is 7.05 Å². The maximum absolute atomic E-state index is 12.5. The molecule has 1 atom stereocenters. The maximum Gasteiger partial charge on any atom is 0.434 e. The fourth-order valence-corrected chi connectivity index (χ4v) is 3.25. The van der Waals surface area contributed by atoms with Gasteiger partial charge in [-0.3, -0.25) is 9.09 Å². The number of nitrogens with zero attached hydrogens (tertiary/aromatic N) is 3. The number of hydrogen-bond acceptors (Lipinski definition) is 5. The van der Waals surface area contributed by atoms with Crippen molar-refractivity contribution in [2.45, 2.75) is 20.0 Å². The molecular weight excluding hydrogens is 321 g/mol. The van der Waals surface area contributed by atoms with Gasteiger partial charge < -0.3 is 10.1 Å². The van der Waals surface area contributed by atoms with Crippen LogP contribution in [-0.4, -0.2) is 33.4 Å². The van der Waals surface area contributed by atoms with E-state index >= 15 is 0 Å². The third kappa shape index (κ3) is 5.37. The Bertz CT molecular complexity index is 512. The van der Waals surface area contributed by atoms with Crippen molar-refractivity contribution in [3.8, 4) is 0 Å². The van der Waals surface area contributed by atoms with Crippen molar-refractivity contribution in [1.82, 2.24) is 19.7 Å².